The standard InChI is InChI=1S/C21H24N2O4/c1-4-12-10-23(2)11-21(20(26)27-3)14(12)9-16(24)18-17(19(21)25)13-7-5-6-8-15(13)22-18/h4-8,14,19,22,25H,9-11H2,1-3H3/b12-4+/t14-,19-,21-/m0/s1. The average Bonchev–Trinajstić information content (AvgIpc) is 3.03. The summed E-state index contributed by atoms with van der Waals surface area (Å²) in [5.41, 5.74) is 1.45. The number of aromatic amines is 1. The first kappa shape index (κ1) is 17.9. The van der Waals surface area contributed by atoms with E-state index < -0.39 is 23.4 Å². The highest BCUT2D eigenvalue weighted by Crippen LogP contribution is 2.53. The minimum absolute atomic E-state index is 0.0834. The SMILES string of the molecule is C/C=C1\CN(C)C[C@]2(C(=O)OC)[C@H]1CC(=O)c1[nH]c3ccccc3c1[C@@H]2O. The Morgan fingerprint density at radius 2 is 2.15 bits per heavy atom. The Morgan fingerprint density at radius 3 is 2.85 bits per heavy atom. The van der Waals surface area contributed by atoms with Gasteiger partial charge in [-0.05, 0) is 20.0 Å². The number of aromatic nitrogens is 1. The fourth-order valence-corrected chi connectivity index (χ4v) is 4.97. The van der Waals surface area contributed by atoms with Crippen LogP contribution in [0.15, 0.2) is 35.9 Å². The van der Waals surface area contributed by atoms with Gasteiger partial charge in [-0.1, -0.05) is 29.8 Å². The first-order chi connectivity index (χ1) is 12.9. The third kappa shape index (κ3) is 2.40. The van der Waals surface area contributed by atoms with E-state index in [0.717, 1.165) is 16.5 Å². The fourth-order valence-electron chi connectivity index (χ4n) is 4.97. The van der Waals surface area contributed by atoms with Gasteiger partial charge in [0.05, 0.1) is 18.9 Å². The van der Waals surface area contributed by atoms with Gasteiger partial charge >= 0.3 is 5.97 Å². The molecule has 4 rings (SSSR count). The lowest BCUT2D eigenvalue weighted by atomic mass is 9.63. The monoisotopic (exact) mass is 368 g/mol. The van der Waals surface area contributed by atoms with Crippen molar-refractivity contribution < 1.29 is 19.4 Å². The van der Waals surface area contributed by atoms with Gasteiger partial charge in [-0.2, -0.15) is 0 Å². The molecule has 2 aliphatic rings. The number of esters is 1. The van der Waals surface area contributed by atoms with Gasteiger partial charge in [-0.3, -0.25) is 9.59 Å². The largest absolute Gasteiger partial charge is 0.468 e. The number of hydrogen-bond acceptors (Lipinski definition) is 5. The Balaban J connectivity index is 2.03. The van der Waals surface area contributed by atoms with Crippen LogP contribution in [-0.2, 0) is 9.53 Å². The van der Waals surface area contributed by atoms with Crippen LogP contribution in [0.3, 0.4) is 0 Å². The molecule has 142 valence electrons. The minimum atomic E-state index is -1.23. The summed E-state index contributed by atoms with van der Waals surface area (Å²) in [5.74, 6) is -0.954. The molecule has 2 heterocycles. The number of Topliss-reactive ketones (excluding diaryl/α,β-unsaturated/α-hetero) is 1. The van der Waals surface area contributed by atoms with Crippen LogP contribution in [-0.4, -0.2) is 54.0 Å². The van der Waals surface area contributed by atoms with E-state index in [9.17, 15) is 14.7 Å². The van der Waals surface area contributed by atoms with Gasteiger partial charge < -0.3 is 19.7 Å². The van der Waals surface area contributed by atoms with Crippen molar-refractivity contribution in [3.05, 3.63) is 47.2 Å². The number of H-pyrrole nitrogens is 1. The van der Waals surface area contributed by atoms with E-state index >= 15 is 0 Å². The molecule has 27 heavy (non-hydrogen) atoms. The van der Waals surface area contributed by atoms with Crippen LogP contribution in [0.1, 0.15) is 35.5 Å². The molecule has 0 saturated carbocycles. The Kier molecular flexibility index (Phi) is 4.20. The summed E-state index contributed by atoms with van der Waals surface area (Å²) in [6.45, 7) is 2.90. The van der Waals surface area contributed by atoms with Crippen molar-refractivity contribution in [2.24, 2.45) is 11.3 Å². The van der Waals surface area contributed by atoms with Crippen molar-refractivity contribution in [2.75, 3.05) is 27.2 Å². The average molecular weight is 368 g/mol. The van der Waals surface area contributed by atoms with E-state index in [-0.39, 0.29) is 12.2 Å². The molecule has 2 N–H and O–H groups in total. The predicted octanol–water partition coefficient (Wildman–Crippen LogP) is 2.46. The molecular weight excluding hydrogens is 344 g/mol. The summed E-state index contributed by atoms with van der Waals surface area (Å²) in [5, 5.41) is 12.4. The highest BCUT2D eigenvalue weighted by molar-refractivity contribution is 6.04. The summed E-state index contributed by atoms with van der Waals surface area (Å²) in [6.07, 6.45) is 0.972. The van der Waals surface area contributed by atoms with E-state index in [4.69, 9.17) is 4.74 Å². The van der Waals surface area contributed by atoms with E-state index in [1.54, 1.807) is 0 Å². The van der Waals surface area contributed by atoms with E-state index in [1.807, 2.05) is 49.2 Å². The number of allylic oxidation sites excluding steroid dienone is 1. The molecule has 1 aliphatic heterocycles. The van der Waals surface area contributed by atoms with E-state index in [1.165, 1.54) is 7.11 Å². The molecule has 0 bridgehead atoms. The van der Waals surface area contributed by atoms with Crippen LogP contribution in [0.25, 0.3) is 10.9 Å². The number of benzene rings is 1. The molecule has 1 aliphatic carbocycles. The number of nitrogens with zero attached hydrogens (tertiary/aromatic N) is 1. The second kappa shape index (κ2) is 6.32. The van der Waals surface area contributed by atoms with Gasteiger partial charge in [0.15, 0.2) is 5.78 Å². The molecule has 1 fully saturated rings. The number of likely N-dealkylation sites (tertiary alicyclic amines) is 1. The van der Waals surface area contributed by atoms with Gasteiger partial charge in [0.1, 0.15) is 5.41 Å². The third-order valence-corrected chi connectivity index (χ3v) is 6.17. The van der Waals surface area contributed by atoms with Gasteiger partial charge in [-0.25, -0.2) is 0 Å². The lowest BCUT2D eigenvalue weighted by Crippen LogP contribution is -2.56. The highest BCUT2D eigenvalue weighted by atomic mass is 16.5. The molecule has 6 nitrogen and oxygen atoms in total. The zero-order valence-electron chi connectivity index (χ0n) is 15.8. The van der Waals surface area contributed by atoms with Crippen molar-refractivity contribution in [3.8, 4) is 0 Å². The van der Waals surface area contributed by atoms with Crippen LogP contribution in [0.5, 0.6) is 0 Å². The number of rotatable bonds is 1. The Bertz CT molecular complexity index is 960. The number of likely N-dealkylation sites (N-methyl/N-ethyl adjacent to an activating group) is 1. The minimum Gasteiger partial charge on any atom is -0.468 e. The zero-order chi connectivity index (χ0) is 19.3. The normalized spacial score (nSPS) is 30.1. The number of methoxy groups -OCH3 is 1. The molecule has 2 aromatic rings. The summed E-state index contributed by atoms with van der Waals surface area (Å²) in [4.78, 5) is 31.4. The first-order valence-electron chi connectivity index (χ1n) is 9.18. The van der Waals surface area contributed by atoms with Gasteiger partial charge in [0.2, 0.25) is 0 Å². The predicted molar refractivity (Wildman–Crippen MR) is 101 cm³/mol. The number of nitrogens with one attached hydrogen (secondary N) is 1. The fraction of sp³-hybridized carbons (Fsp3) is 0.429. The summed E-state index contributed by atoms with van der Waals surface area (Å²) < 4.78 is 5.18. The number of hydrogen-bond donors (Lipinski definition) is 2. The quantitative estimate of drug-likeness (QED) is 0.597. The van der Waals surface area contributed by atoms with E-state index in [0.29, 0.717) is 24.3 Å². The van der Waals surface area contributed by atoms with Crippen molar-refractivity contribution in [3.63, 3.8) is 0 Å². The number of carbonyl (C=O) groups is 2. The molecule has 1 aromatic heterocycles. The number of piperidine rings is 1. The maximum Gasteiger partial charge on any atom is 0.316 e. The first-order valence-corrected chi connectivity index (χ1v) is 9.18. The van der Waals surface area contributed by atoms with Crippen LogP contribution < -0.4 is 0 Å². The topological polar surface area (TPSA) is 82.6 Å². The van der Waals surface area contributed by atoms with Gasteiger partial charge in [0.25, 0.3) is 0 Å². The molecule has 3 atom stereocenters. The number of ketones is 1. The maximum atomic E-state index is 13.1. The Hall–Kier alpha value is -2.44. The number of aliphatic hydroxyl groups excluding tert-OH is 1. The lowest BCUT2D eigenvalue weighted by molar-refractivity contribution is -0.170. The summed E-state index contributed by atoms with van der Waals surface area (Å²) >= 11 is 0. The van der Waals surface area contributed by atoms with Crippen LogP contribution in [0.2, 0.25) is 0 Å². The van der Waals surface area contributed by atoms with Gasteiger partial charge in [-0.15, -0.1) is 0 Å². The summed E-state index contributed by atoms with van der Waals surface area (Å²) in [6, 6.07) is 7.48. The molecule has 1 aromatic carbocycles. The molecule has 6 heteroatoms. The van der Waals surface area contributed by atoms with Crippen LogP contribution >= 0.6 is 0 Å². The number of para-hydroxylation sites is 1. The number of ether oxygens (including phenoxy) is 1. The van der Waals surface area contributed by atoms with E-state index in [2.05, 4.69) is 4.98 Å². The number of carbonyl (C=O) groups excluding carboxylic acids is 2. The second-order valence-corrected chi connectivity index (χ2v) is 7.61. The maximum absolute atomic E-state index is 13.1. The molecule has 0 spiro atoms. The van der Waals surface area contributed by atoms with Crippen molar-refractivity contribution in [1.29, 1.82) is 0 Å². The lowest BCUT2D eigenvalue weighted by Gasteiger charge is -2.48. The molecule has 0 radical (unpaired) electrons. The summed E-state index contributed by atoms with van der Waals surface area (Å²) in [7, 11) is 3.26. The van der Waals surface area contributed by atoms with Crippen molar-refractivity contribution in [2.45, 2.75) is 19.4 Å². The van der Waals surface area contributed by atoms with Crippen LogP contribution in [0, 0.1) is 11.3 Å². The molecule has 0 unspecified atom stereocenters. The number of fused-ring (bicyclic) bond motifs is 4. The Morgan fingerprint density at radius 1 is 1.41 bits per heavy atom. The van der Waals surface area contributed by atoms with Crippen LogP contribution in [0.4, 0.5) is 0 Å². The van der Waals surface area contributed by atoms with Gasteiger partial charge in [0, 0.05) is 41.9 Å². The third-order valence-electron chi connectivity index (χ3n) is 6.17. The molecular formula is C21H24N2O4. The zero-order valence-corrected chi connectivity index (χ0v) is 15.8. The smallest absolute Gasteiger partial charge is 0.316 e. The molecule has 1 saturated heterocycles. The number of aliphatic hydroxyl groups is 1. The Labute approximate surface area is 157 Å². The second-order valence-electron chi connectivity index (χ2n) is 7.61. The van der Waals surface area contributed by atoms with Crippen molar-refractivity contribution in [1.82, 2.24) is 9.88 Å². The highest BCUT2D eigenvalue weighted by Gasteiger charge is 2.59. The molecule has 0 amide bonds. The van der Waals surface area contributed by atoms with Crippen molar-refractivity contribution >= 4 is 22.7 Å².